The number of aromatic amines is 1. The number of hydrogen-bond donors (Lipinski definition) is 2. The average molecular weight is 220 g/mol. The van der Waals surface area contributed by atoms with Crippen molar-refractivity contribution in [1.82, 2.24) is 10.2 Å². The van der Waals surface area contributed by atoms with Crippen molar-refractivity contribution in [2.24, 2.45) is 0 Å². The second-order valence-electron chi connectivity index (χ2n) is 3.45. The molecule has 2 aromatic rings. The standard InChI is InChI=1S/C11H12N2O3/c1-16-10(15)6-9(14)11-7-4-2-3-5-8(7)12-13-11/h2-5,9,14H,6H2,1H3,(H,12,13). The molecule has 0 amide bonds. The molecular weight excluding hydrogens is 208 g/mol. The first-order chi connectivity index (χ1) is 7.72. The molecule has 2 rings (SSSR count). The Hall–Kier alpha value is -1.88. The van der Waals surface area contributed by atoms with Crippen LogP contribution in [0.2, 0.25) is 0 Å². The van der Waals surface area contributed by atoms with E-state index in [9.17, 15) is 9.90 Å². The molecule has 16 heavy (non-hydrogen) atoms. The van der Waals surface area contributed by atoms with Crippen molar-refractivity contribution < 1.29 is 14.6 Å². The Kier molecular flexibility index (Phi) is 2.87. The normalized spacial score (nSPS) is 12.6. The van der Waals surface area contributed by atoms with Gasteiger partial charge in [0.15, 0.2) is 0 Å². The topological polar surface area (TPSA) is 75.2 Å². The van der Waals surface area contributed by atoms with E-state index in [0.717, 1.165) is 10.9 Å². The number of rotatable bonds is 3. The summed E-state index contributed by atoms with van der Waals surface area (Å²) >= 11 is 0. The van der Waals surface area contributed by atoms with Crippen molar-refractivity contribution in [1.29, 1.82) is 0 Å². The minimum atomic E-state index is -0.917. The molecule has 0 fully saturated rings. The molecule has 1 atom stereocenters. The van der Waals surface area contributed by atoms with Crippen LogP contribution in [0.15, 0.2) is 24.3 Å². The maximum atomic E-state index is 11.0. The number of ether oxygens (including phenoxy) is 1. The molecule has 0 radical (unpaired) electrons. The van der Waals surface area contributed by atoms with Gasteiger partial charge in [-0.3, -0.25) is 9.89 Å². The number of aliphatic hydroxyl groups excluding tert-OH is 1. The number of nitrogens with zero attached hydrogens (tertiary/aromatic N) is 1. The van der Waals surface area contributed by atoms with Crippen LogP contribution in [0.5, 0.6) is 0 Å². The van der Waals surface area contributed by atoms with Gasteiger partial charge >= 0.3 is 5.97 Å². The Bertz CT molecular complexity index is 507. The summed E-state index contributed by atoms with van der Waals surface area (Å²) in [6, 6.07) is 7.39. The maximum Gasteiger partial charge on any atom is 0.308 e. The molecule has 2 N–H and O–H groups in total. The molecule has 0 aliphatic carbocycles. The highest BCUT2D eigenvalue weighted by atomic mass is 16.5. The lowest BCUT2D eigenvalue weighted by molar-refractivity contribution is -0.142. The number of hydrogen-bond acceptors (Lipinski definition) is 4. The minimum absolute atomic E-state index is 0.0807. The molecular formula is C11H12N2O3. The fourth-order valence-corrected chi connectivity index (χ4v) is 1.58. The lowest BCUT2D eigenvalue weighted by Gasteiger charge is -2.06. The number of methoxy groups -OCH3 is 1. The number of H-pyrrole nitrogens is 1. The summed E-state index contributed by atoms with van der Waals surface area (Å²) in [6.45, 7) is 0. The molecule has 0 aliphatic heterocycles. The van der Waals surface area contributed by atoms with Gasteiger partial charge in [-0.25, -0.2) is 0 Å². The van der Waals surface area contributed by atoms with Gasteiger partial charge < -0.3 is 9.84 Å². The Balaban J connectivity index is 2.29. The first kappa shape index (κ1) is 10.6. The van der Waals surface area contributed by atoms with Crippen LogP contribution < -0.4 is 0 Å². The molecule has 0 bridgehead atoms. The molecule has 1 aromatic carbocycles. The molecule has 5 nitrogen and oxygen atoms in total. The van der Waals surface area contributed by atoms with Gasteiger partial charge in [-0.1, -0.05) is 18.2 Å². The molecule has 0 saturated carbocycles. The van der Waals surface area contributed by atoms with Crippen LogP contribution in [-0.4, -0.2) is 28.4 Å². The van der Waals surface area contributed by atoms with E-state index in [1.165, 1.54) is 7.11 Å². The predicted molar refractivity (Wildman–Crippen MR) is 57.7 cm³/mol. The molecule has 0 saturated heterocycles. The number of aromatic nitrogens is 2. The van der Waals surface area contributed by atoms with Gasteiger partial charge in [0.1, 0.15) is 6.10 Å². The summed E-state index contributed by atoms with van der Waals surface area (Å²) in [5, 5.41) is 17.4. The first-order valence-electron chi connectivity index (χ1n) is 4.90. The number of benzene rings is 1. The molecule has 0 aliphatic rings. The summed E-state index contributed by atoms with van der Waals surface area (Å²) in [6.07, 6.45) is -0.997. The first-order valence-corrected chi connectivity index (χ1v) is 4.90. The Labute approximate surface area is 92.0 Å². The zero-order chi connectivity index (χ0) is 11.5. The van der Waals surface area contributed by atoms with Crippen LogP contribution in [-0.2, 0) is 9.53 Å². The van der Waals surface area contributed by atoms with E-state index >= 15 is 0 Å². The van der Waals surface area contributed by atoms with Crippen molar-refractivity contribution in [3.63, 3.8) is 0 Å². The summed E-state index contributed by atoms with van der Waals surface area (Å²) in [4.78, 5) is 11.0. The average Bonchev–Trinajstić information content (AvgIpc) is 2.72. The Morgan fingerprint density at radius 3 is 3.06 bits per heavy atom. The van der Waals surface area contributed by atoms with E-state index < -0.39 is 12.1 Å². The third-order valence-electron chi connectivity index (χ3n) is 2.41. The number of para-hydroxylation sites is 1. The number of carbonyl (C=O) groups excluding carboxylic acids is 1. The number of nitrogens with one attached hydrogen (secondary N) is 1. The van der Waals surface area contributed by atoms with Crippen molar-refractivity contribution in [2.45, 2.75) is 12.5 Å². The molecule has 84 valence electrons. The summed E-state index contributed by atoms with van der Waals surface area (Å²) in [5.41, 5.74) is 1.31. The lowest BCUT2D eigenvalue weighted by Crippen LogP contribution is -2.08. The van der Waals surface area contributed by atoms with E-state index in [1.807, 2.05) is 24.3 Å². The van der Waals surface area contributed by atoms with E-state index in [0.29, 0.717) is 5.69 Å². The van der Waals surface area contributed by atoms with Gasteiger partial charge in [0, 0.05) is 5.39 Å². The van der Waals surface area contributed by atoms with Crippen molar-refractivity contribution in [3.8, 4) is 0 Å². The van der Waals surface area contributed by atoms with Gasteiger partial charge in [0.05, 0.1) is 24.7 Å². The van der Waals surface area contributed by atoms with Crippen LogP contribution in [0, 0.1) is 0 Å². The highest BCUT2D eigenvalue weighted by Crippen LogP contribution is 2.23. The van der Waals surface area contributed by atoms with Crippen LogP contribution in [0.25, 0.3) is 10.9 Å². The number of fused-ring (bicyclic) bond motifs is 1. The van der Waals surface area contributed by atoms with Crippen LogP contribution in [0.4, 0.5) is 0 Å². The van der Waals surface area contributed by atoms with E-state index in [2.05, 4.69) is 14.9 Å². The van der Waals surface area contributed by atoms with Gasteiger partial charge in [0.2, 0.25) is 0 Å². The molecule has 1 unspecified atom stereocenters. The molecule has 0 spiro atoms. The van der Waals surface area contributed by atoms with Gasteiger partial charge in [0.25, 0.3) is 0 Å². The van der Waals surface area contributed by atoms with Crippen molar-refractivity contribution >= 4 is 16.9 Å². The SMILES string of the molecule is COC(=O)CC(O)c1[nH]nc2ccccc12. The maximum absolute atomic E-state index is 11.0. The zero-order valence-electron chi connectivity index (χ0n) is 8.80. The molecule has 1 heterocycles. The van der Waals surface area contributed by atoms with Gasteiger partial charge in [-0.15, -0.1) is 0 Å². The summed E-state index contributed by atoms with van der Waals surface area (Å²) in [7, 11) is 1.29. The van der Waals surface area contributed by atoms with Crippen LogP contribution in [0.3, 0.4) is 0 Å². The van der Waals surface area contributed by atoms with E-state index in [1.54, 1.807) is 0 Å². The number of carbonyl (C=O) groups is 1. The van der Waals surface area contributed by atoms with Crippen LogP contribution >= 0.6 is 0 Å². The second kappa shape index (κ2) is 4.32. The Morgan fingerprint density at radius 2 is 2.31 bits per heavy atom. The second-order valence-corrected chi connectivity index (χ2v) is 3.45. The smallest absolute Gasteiger partial charge is 0.308 e. The van der Waals surface area contributed by atoms with Crippen LogP contribution in [0.1, 0.15) is 18.2 Å². The monoisotopic (exact) mass is 220 g/mol. The summed E-state index contributed by atoms with van der Waals surface area (Å²) in [5.74, 6) is -0.453. The number of esters is 1. The minimum Gasteiger partial charge on any atom is -0.469 e. The highest BCUT2D eigenvalue weighted by Gasteiger charge is 2.17. The van der Waals surface area contributed by atoms with Crippen molar-refractivity contribution in [3.05, 3.63) is 30.0 Å². The van der Waals surface area contributed by atoms with E-state index in [4.69, 9.17) is 0 Å². The Morgan fingerprint density at radius 1 is 1.56 bits per heavy atom. The van der Waals surface area contributed by atoms with E-state index in [-0.39, 0.29) is 6.42 Å². The quantitative estimate of drug-likeness (QED) is 0.761. The zero-order valence-corrected chi connectivity index (χ0v) is 8.80. The van der Waals surface area contributed by atoms with Gasteiger partial charge in [-0.05, 0) is 6.07 Å². The summed E-state index contributed by atoms with van der Waals surface area (Å²) < 4.78 is 4.50. The molecule has 5 heteroatoms. The molecule has 1 aromatic heterocycles. The largest absolute Gasteiger partial charge is 0.469 e. The third kappa shape index (κ3) is 1.90. The fraction of sp³-hybridized carbons (Fsp3) is 0.273. The van der Waals surface area contributed by atoms with Crippen molar-refractivity contribution in [2.75, 3.05) is 7.11 Å². The van der Waals surface area contributed by atoms with Gasteiger partial charge in [-0.2, -0.15) is 5.10 Å². The number of aliphatic hydroxyl groups is 1. The lowest BCUT2D eigenvalue weighted by atomic mass is 10.1. The highest BCUT2D eigenvalue weighted by molar-refractivity contribution is 5.82. The predicted octanol–water partition coefficient (Wildman–Crippen LogP) is 1.16. The fourth-order valence-electron chi connectivity index (χ4n) is 1.58. The third-order valence-corrected chi connectivity index (χ3v) is 2.41.